The van der Waals surface area contributed by atoms with Gasteiger partial charge in [0.05, 0.1) is 6.42 Å². The number of nitrogens with zero attached hydrogens (tertiary/aromatic N) is 1. The van der Waals surface area contributed by atoms with Gasteiger partial charge in [0.1, 0.15) is 17.5 Å². The number of hydrogen-bond donors (Lipinski definition) is 3. The van der Waals surface area contributed by atoms with Crippen LogP contribution in [0.1, 0.15) is 11.4 Å². The van der Waals surface area contributed by atoms with Gasteiger partial charge in [0.2, 0.25) is 5.91 Å². The standard InChI is InChI=1S/C12H12F2N4O2/c13-8-1-2-9(14)7(5-8)6-11(19)15-4-3-10-16-12(20)18-17-10/h1-2,5H,3-4,6H2,(H,15,19)(H2,16,17,18,20). The fourth-order valence-corrected chi connectivity index (χ4v) is 1.66. The first-order valence-electron chi connectivity index (χ1n) is 5.89. The molecular weight excluding hydrogens is 270 g/mol. The van der Waals surface area contributed by atoms with Crippen molar-refractivity contribution < 1.29 is 13.6 Å². The normalized spacial score (nSPS) is 10.5. The summed E-state index contributed by atoms with van der Waals surface area (Å²) in [7, 11) is 0. The van der Waals surface area contributed by atoms with Crippen LogP contribution in [0.15, 0.2) is 23.0 Å². The number of amides is 1. The summed E-state index contributed by atoms with van der Waals surface area (Å²) in [6, 6.07) is 2.96. The molecule has 0 saturated heterocycles. The number of carbonyl (C=O) groups is 1. The van der Waals surface area contributed by atoms with Crippen LogP contribution in [0.4, 0.5) is 8.78 Å². The third kappa shape index (κ3) is 3.74. The average Bonchev–Trinajstić information content (AvgIpc) is 2.80. The van der Waals surface area contributed by atoms with Gasteiger partial charge in [-0.1, -0.05) is 0 Å². The molecule has 0 unspecified atom stereocenters. The first-order valence-corrected chi connectivity index (χ1v) is 5.89. The Hall–Kier alpha value is -2.51. The number of carbonyl (C=O) groups excluding carboxylic acids is 1. The predicted octanol–water partition coefficient (Wildman–Crippen LogP) is 0.278. The van der Waals surface area contributed by atoms with Crippen LogP contribution in [0.2, 0.25) is 0 Å². The highest BCUT2D eigenvalue weighted by atomic mass is 19.1. The second kappa shape index (κ2) is 6.09. The number of halogens is 2. The van der Waals surface area contributed by atoms with Gasteiger partial charge >= 0.3 is 5.69 Å². The largest absolute Gasteiger partial charge is 0.355 e. The molecule has 0 spiro atoms. The zero-order valence-electron chi connectivity index (χ0n) is 10.4. The second-order valence-electron chi connectivity index (χ2n) is 4.14. The van der Waals surface area contributed by atoms with Crippen molar-refractivity contribution in [2.24, 2.45) is 0 Å². The minimum atomic E-state index is -0.627. The third-order valence-corrected chi connectivity index (χ3v) is 2.59. The van der Waals surface area contributed by atoms with Crippen LogP contribution >= 0.6 is 0 Å². The molecule has 0 bridgehead atoms. The summed E-state index contributed by atoms with van der Waals surface area (Å²) >= 11 is 0. The molecule has 6 nitrogen and oxygen atoms in total. The first-order chi connectivity index (χ1) is 9.54. The van der Waals surface area contributed by atoms with Gasteiger partial charge in [-0.15, -0.1) is 0 Å². The number of aromatic amines is 2. The van der Waals surface area contributed by atoms with Crippen molar-refractivity contribution in [3.05, 3.63) is 51.7 Å². The molecule has 1 heterocycles. The Labute approximate surface area is 112 Å². The molecule has 1 aromatic heterocycles. The number of benzene rings is 1. The molecule has 3 N–H and O–H groups in total. The Morgan fingerprint density at radius 1 is 1.35 bits per heavy atom. The fraction of sp³-hybridized carbons (Fsp3) is 0.250. The molecule has 0 aliphatic carbocycles. The van der Waals surface area contributed by atoms with E-state index in [-0.39, 0.29) is 18.5 Å². The molecule has 8 heteroatoms. The highest BCUT2D eigenvalue weighted by Gasteiger charge is 2.09. The van der Waals surface area contributed by atoms with Crippen molar-refractivity contribution in [3.63, 3.8) is 0 Å². The minimum absolute atomic E-state index is 0.00400. The second-order valence-corrected chi connectivity index (χ2v) is 4.14. The summed E-state index contributed by atoms with van der Waals surface area (Å²) in [5, 5.41) is 8.40. The molecule has 0 fully saturated rings. The Kier molecular flexibility index (Phi) is 4.24. The summed E-state index contributed by atoms with van der Waals surface area (Å²) < 4.78 is 26.2. The summed E-state index contributed by atoms with van der Waals surface area (Å²) in [4.78, 5) is 24.8. The number of aromatic nitrogens is 3. The van der Waals surface area contributed by atoms with E-state index in [4.69, 9.17) is 0 Å². The SMILES string of the molecule is O=C(Cc1cc(F)ccc1F)NCCc1n[nH]c(=O)[nH]1. The summed E-state index contributed by atoms with van der Waals surface area (Å²) in [6.45, 7) is 0.233. The van der Waals surface area contributed by atoms with E-state index in [1.807, 2.05) is 0 Å². The zero-order valence-corrected chi connectivity index (χ0v) is 10.4. The fourth-order valence-electron chi connectivity index (χ4n) is 1.66. The maximum atomic E-state index is 13.3. The lowest BCUT2D eigenvalue weighted by Crippen LogP contribution is -2.27. The summed E-state index contributed by atoms with van der Waals surface area (Å²) in [5.74, 6) is -1.25. The molecule has 106 valence electrons. The molecule has 0 radical (unpaired) electrons. The molecule has 20 heavy (non-hydrogen) atoms. The molecule has 0 aliphatic rings. The number of nitrogens with one attached hydrogen (secondary N) is 3. The van der Waals surface area contributed by atoms with Gasteiger partial charge < -0.3 is 5.32 Å². The molecule has 0 aliphatic heterocycles. The van der Waals surface area contributed by atoms with Gasteiger partial charge in [-0.3, -0.25) is 9.78 Å². The van der Waals surface area contributed by atoms with E-state index in [9.17, 15) is 18.4 Å². The molecule has 0 atom stereocenters. The number of H-pyrrole nitrogens is 2. The van der Waals surface area contributed by atoms with E-state index >= 15 is 0 Å². The monoisotopic (exact) mass is 282 g/mol. The maximum absolute atomic E-state index is 13.3. The van der Waals surface area contributed by atoms with Gasteiger partial charge in [-0.05, 0) is 18.2 Å². The molecule has 0 saturated carbocycles. The lowest BCUT2D eigenvalue weighted by atomic mass is 10.1. The van der Waals surface area contributed by atoms with E-state index in [2.05, 4.69) is 20.5 Å². The van der Waals surface area contributed by atoms with Crippen molar-refractivity contribution in [1.29, 1.82) is 0 Å². The van der Waals surface area contributed by atoms with Crippen molar-refractivity contribution in [2.75, 3.05) is 6.54 Å². The third-order valence-electron chi connectivity index (χ3n) is 2.59. The van der Waals surface area contributed by atoms with E-state index in [1.165, 1.54) is 0 Å². The van der Waals surface area contributed by atoms with Crippen molar-refractivity contribution in [2.45, 2.75) is 12.8 Å². The van der Waals surface area contributed by atoms with Crippen LogP contribution in [0.3, 0.4) is 0 Å². The maximum Gasteiger partial charge on any atom is 0.340 e. The molecule has 1 amide bonds. The number of hydrogen-bond acceptors (Lipinski definition) is 3. The van der Waals surface area contributed by atoms with E-state index in [0.29, 0.717) is 12.2 Å². The minimum Gasteiger partial charge on any atom is -0.355 e. The first kappa shape index (κ1) is 13.9. The van der Waals surface area contributed by atoms with Gasteiger partial charge in [-0.2, -0.15) is 5.10 Å². The summed E-state index contributed by atoms with van der Waals surface area (Å²) in [5.41, 5.74) is -0.427. The Morgan fingerprint density at radius 2 is 2.15 bits per heavy atom. The van der Waals surface area contributed by atoms with Gasteiger partial charge in [0.25, 0.3) is 0 Å². The number of rotatable bonds is 5. The molecule has 2 rings (SSSR count). The highest BCUT2D eigenvalue weighted by Crippen LogP contribution is 2.10. The Bertz CT molecular complexity index is 665. The van der Waals surface area contributed by atoms with Crippen LogP contribution in [0, 0.1) is 11.6 Å². The smallest absolute Gasteiger partial charge is 0.340 e. The van der Waals surface area contributed by atoms with Crippen LogP contribution in [0.25, 0.3) is 0 Å². The van der Waals surface area contributed by atoms with Crippen LogP contribution in [0.5, 0.6) is 0 Å². The summed E-state index contributed by atoms with van der Waals surface area (Å²) in [6.07, 6.45) is 0.0802. The van der Waals surface area contributed by atoms with Crippen LogP contribution < -0.4 is 11.0 Å². The average molecular weight is 282 g/mol. The molecule has 2 aromatic rings. The predicted molar refractivity (Wildman–Crippen MR) is 66.0 cm³/mol. The van der Waals surface area contributed by atoms with Crippen LogP contribution in [-0.4, -0.2) is 27.6 Å². The quantitative estimate of drug-likeness (QED) is 0.735. The lowest BCUT2D eigenvalue weighted by Gasteiger charge is -2.05. The zero-order chi connectivity index (χ0) is 14.5. The van der Waals surface area contributed by atoms with E-state index < -0.39 is 23.2 Å². The van der Waals surface area contributed by atoms with Gasteiger partial charge in [0, 0.05) is 18.5 Å². The molecular formula is C12H12F2N4O2. The van der Waals surface area contributed by atoms with E-state index in [0.717, 1.165) is 18.2 Å². The van der Waals surface area contributed by atoms with Crippen molar-refractivity contribution in [3.8, 4) is 0 Å². The van der Waals surface area contributed by atoms with E-state index in [1.54, 1.807) is 0 Å². The van der Waals surface area contributed by atoms with Gasteiger partial charge in [0.15, 0.2) is 0 Å². The van der Waals surface area contributed by atoms with Crippen LogP contribution in [-0.2, 0) is 17.6 Å². The Morgan fingerprint density at radius 3 is 2.85 bits per heavy atom. The van der Waals surface area contributed by atoms with Crippen molar-refractivity contribution >= 4 is 5.91 Å². The molecule has 1 aromatic carbocycles. The lowest BCUT2D eigenvalue weighted by molar-refractivity contribution is -0.120. The van der Waals surface area contributed by atoms with Crippen molar-refractivity contribution in [1.82, 2.24) is 20.5 Å². The topological polar surface area (TPSA) is 90.6 Å². The Balaban J connectivity index is 1.83. The van der Waals surface area contributed by atoms with Gasteiger partial charge in [-0.25, -0.2) is 18.7 Å². The highest BCUT2D eigenvalue weighted by molar-refractivity contribution is 5.78.